The summed E-state index contributed by atoms with van der Waals surface area (Å²) in [4.78, 5) is 9.07. The number of halogens is 1. The van der Waals surface area contributed by atoms with Crippen LogP contribution < -0.4 is 10.6 Å². The van der Waals surface area contributed by atoms with E-state index < -0.39 is 0 Å². The summed E-state index contributed by atoms with van der Waals surface area (Å²) in [5.74, 6) is 2.22. The number of hydrogen-bond donors (Lipinski definition) is 2. The molecule has 2 heterocycles. The molecule has 2 N–H and O–H groups in total. The number of aryl methyl sites for hydroxylation is 2. The van der Waals surface area contributed by atoms with Crippen LogP contribution in [0, 0.1) is 13.8 Å². The molecule has 144 valence electrons. The van der Waals surface area contributed by atoms with Gasteiger partial charge in [0.1, 0.15) is 5.76 Å². The molecule has 7 nitrogen and oxygen atoms in total. The molecule has 0 spiro atoms. The van der Waals surface area contributed by atoms with Gasteiger partial charge in [0.25, 0.3) is 0 Å². The minimum Gasteiger partial charge on any atom is -0.444 e. The maximum absolute atomic E-state index is 5.61. The Morgan fingerprint density at radius 3 is 2.67 bits per heavy atom. The van der Waals surface area contributed by atoms with Crippen molar-refractivity contribution in [2.24, 2.45) is 4.99 Å². The molecule has 1 aromatic carbocycles. The zero-order chi connectivity index (χ0) is 18.4. The van der Waals surface area contributed by atoms with Crippen LogP contribution in [0.15, 0.2) is 52.1 Å². The molecule has 0 fully saturated rings. The van der Waals surface area contributed by atoms with E-state index in [9.17, 15) is 0 Å². The summed E-state index contributed by atoms with van der Waals surface area (Å²) in [7, 11) is 0. The Hall–Kier alpha value is -2.36. The van der Waals surface area contributed by atoms with Crippen molar-refractivity contribution in [3.63, 3.8) is 0 Å². The monoisotopic (exact) mass is 480 g/mol. The molecule has 2 aromatic heterocycles. The second-order valence-electron chi connectivity index (χ2n) is 5.88. The van der Waals surface area contributed by atoms with E-state index in [1.165, 1.54) is 0 Å². The van der Waals surface area contributed by atoms with E-state index in [1.807, 2.05) is 55.9 Å². The Labute approximate surface area is 176 Å². The van der Waals surface area contributed by atoms with Gasteiger partial charge < -0.3 is 15.1 Å². The highest BCUT2D eigenvalue weighted by Gasteiger charge is 2.07. The average molecular weight is 480 g/mol. The quantitative estimate of drug-likeness (QED) is 0.322. The number of hydrogen-bond acceptors (Lipinski definition) is 4. The fourth-order valence-electron chi connectivity index (χ4n) is 2.56. The molecule has 0 radical (unpaired) electrons. The van der Waals surface area contributed by atoms with Gasteiger partial charge in [-0.15, -0.1) is 24.0 Å². The zero-order valence-corrected chi connectivity index (χ0v) is 18.1. The number of para-hydroxylation sites is 1. The summed E-state index contributed by atoms with van der Waals surface area (Å²) in [6, 6.07) is 10.0. The Bertz CT molecular complexity index is 853. The highest BCUT2D eigenvalue weighted by atomic mass is 127. The van der Waals surface area contributed by atoms with E-state index in [0.29, 0.717) is 19.0 Å². The standard InChI is InChI=1S/C19H24N6O.HI/c1-4-20-19(22-13-18-24-14(2)15(3)26-18)21-12-16-8-5-6-9-17(16)25-11-7-10-23-25;/h5-11H,4,12-13H2,1-3H3,(H2,20,21,22);1H. The number of nitrogens with zero attached hydrogens (tertiary/aromatic N) is 4. The fourth-order valence-corrected chi connectivity index (χ4v) is 2.56. The second-order valence-corrected chi connectivity index (χ2v) is 5.88. The smallest absolute Gasteiger partial charge is 0.214 e. The normalized spacial score (nSPS) is 11.1. The van der Waals surface area contributed by atoms with Crippen LogP contribution in [-0.2, 0) is 13.1 Å². The minimum absolute atomic E-state index is 0. The van der Waals surface area contributed by atoms with Gasteiger partial charge in [-0.25, -0.2) is 14.7 Å². The third-order valence-electron chi connectivity index (χ3n) is 3.97. The Morgan fingerprint density at radius 2 is 2.00 bits per heavy atom. The molecule has 0 aliphatic carbocycles. The van der Waals surface area contributed by atoms with Crippen LogP contribution in [0.5, 0.6) is 0 Å². The maximum atomic E-state index is 5.61. The summed E-state index contributed by atoms with van der Waals surface area (Å²) >= 11 is 0. The first kappa shape index (κ1) is 20.9. The van der Waals surface area contributed by atoms with E-state index in [1.54, 1.807) is 6.20 Å². The molecule has 0 bridgehead atoms. The van der Waals surface area contributed by atoms with E-state index in [-0.39, 0.29) is 24.0 Å². The number of aromatic nitrogens is 3. The van der Waals surface area contributed by atoms with Crippen molar-refractivity contribution in [1.82, 2.24) is 25.4 Å². The third kappa shape index (κ3) is 5.56. The summed E-state index contributed by atoms with van der Waals surface area (Å²) < 4.78 is 7.46. The Balaban J connectivity index is 0.00000261. The largest absolute Gasteiger partial charge is 0.444 e. The highest BCUT2D eigenvalue weighted by molar-refractivity contribution is 14.0. The molecule has 0 unspecified atom stereocenters. The van der Waals surface area contributed by atoms with Gasteiger partial charge in [-0.2, -0.15) is 5.10 Å². The van der Waals surface area contributed by atoms with Gasteiger partial charge in [0.2, 0.25) is 5.89 Å². The average Bonchev–Trinajstić information content (AvgIpc) is 3.28. The number of guanidine groups is 1. The minimum atomic E-state index is 0. The highest BCUT2D eigenvalue weighted by Crippen LogP contribution is 2.14. The topological polar surface area (TPSA) is 80.3 Å². The summed E-state index contributed by atoms with van der Waals surface area (Å²) in [5, 5.41) is 10.8. The lowest BCUT2D eigenvalue weighted by atomic mass is 10.2. The van der Waals surface area contributed by atoms with Crippen LogP contribution >= 0.6 is 24.0 Å². The molecular formula is C19H25IN6O. The van der Waals surface area contributed by atoms with Crippen LogP contribution in [0.4, 0.5) is 0 Å². The van der Waals surface area contributed by atoms with Gasteiger partial charge in [0.15, 0.2) is 5.96 Å². The number of oxazole rings is 1. The van der Waals surface area contributed by atoms with Gasteiger partial charge in [-0.1, -0.05) is 18.2 Å². The van der Waals surface area contributed by atoms with Crippen LogP contribution in [0.25, 0.3) is 5.69 Å². The van der Waals surface area contributed by atoms with Crippen molar-refractivity contribution in [3.05, 3.63) is 65.6 Å². The summed E-state index contributed by atoms with van der Waals surface area (Å²) in [6.07, 6.45) is 3.70. The van der Waals surface area contributed by atoms with Crippen molar-refractivity contribution in [1.29, 1.82) is 0 Å². The number of aliphatic imine (C=N–C) groups is 1. The number of rotatable bonds is 6. The van der Waals surface area contributed by atoms with Crippen LogP contribution in [0.2, 0.25) is 0 Å². The van der Waals surface area contributed by atoms with E-state index in [4.69, 9.17) is 4.42 Å². The number of benzene rings is 1. The van der Waals surface area contributed by atoms with Gasteiger partial charge in [0.05, 0.1) is 24.5 Å². The van der Waals surface area contributed by atoms with Gasteiger partial charge in [-0.3, -0.25) is 0 Å². The van der Waals surface area contributed by atoms with Crippen molar-refractivity contribution < 1.29 is 4.42 Å². The van der Waals surface area contributed by atoms with E-state index in [0.717, 1.165) is 35.2 Å². The van der Waals surface area contributed by atoms with E-state index in [2.05, 4.69) is 31.8 Å². The lowest BCUT2D eigenvalue weighted by Crippen LogP contribution is -2.36. The van der Waals surface area contributed by atoms with Gasteiger partial charge in [-0.05, 0) is 38.5 Å². The first-order valence-electron chi connectivity index (χ1n) is 8.70. The SMILES string of the molecule is CCNC(=NCc1ccccc1-n1cccn1)NCc1nc(C)c(C)o1.I. The molecule has 0 atom stereocenters. The summed E-state index contributed by atoms with van der Waals surface area (Å²) in [6.45, 7) is 7.69. The van der Waals surface area contributed by atoms with E-state index >= 15 is 0 Å². The Morgan fingerprint density at radius 1 is 1.19 bits per heavy atom. The van der Waals surface area contributed by atoms with Crippen LogP contribution in [-0.4, -0.2) is 27.3 Å². The second kappa shape index (κ2) is 10.1. The molecule has 3 rings (SSSR count). The van der Waals surface area contributed by atoms with Crippen LogP contribution in [0.1, 0.15) is 29.8 Å². The molecular weight excluding hydrogens is 455 g/mol. The Kier molecular flexibility index (Phi) is 7.83. The predicted molar refractivity (Wildman–Crippen MR) is 117 cm³/mol. The molecule has 0 saturated heterocycles. The lowest BCUT2D eigenvalue weighted by Gasteiger charge is -2.11. The molecule has 0 aliphatic rings. The van der Waals surface area contributed by atoms with Gasteiger partial charge >= 0.3 is 0 Å². The molecule has 27 heavy (non-hydrogen) atoms. The zero-order valence-electron chi connectivity index (χ0n) is 15.8. The first-order valence-corrected chi connectivity index (χ1v) is 8.70. The molecule has 0 amide bonds. The van der Waals surface area contributed by atoms with Gasteiger partial charge in [0, 0.05) is 18.9 Å². The molecule has 0 saturated carbocycles. The molecule has 0 aliphatic heterocycles. The first-order chi connectivity index (χ1) is 12.7. The third-order valence-corrected chi connectivity index (χ3v) is 3.97. The van der Waals surface area contributed by atoms with Crippen molar-refractivity contribution >= 4 is 29.9 Å². The fraction of sp³-hybridized carbons (Fsp3) is 0.316. The maximum Gasteiger partial charge on any atom is 0.214 e. The van der Waals surface area contributed by atoms with Crippen molar-refractivity contribution in [2.75, 3.05) is 6.54 Å². The van der Waals surface area contributed by atoms with Crippen LogP contribution in [0.3, 0.4) is 0 Å². The van der Waals surface area contributed by atoms with Crippen molar-refractivity contribution in [3.8, 4) is 5.69 Å². The predicted octanol–water partition coefficient (Wildman–Crippen LogP) is 3.35. The molecule has 3 aromatic rings. The lowest BCUT2D eigenvalue weighted by molar-refractivity contribution is 0.463. The van der Waals surface area contributed by atoms with Crippen molar-refractivity contribution in [2.45, 2.75) is 33.9 Å². The molecule has 8 heteroatoms. The summed E-state index contributed by atoms with van der Waals surface area (Å²) in [5.41, 5.74) is 3.03. The number of nitrogens with one attached hydrogen (secondary N) is 2.